The molecule has 1 aliphatic carbocycles. The predicted molar refractivity (Wildman–Crippen MR) is 68.2 cm³/mol. The number of aromatic nitrogens is 2. The van der Waals surface area contributed by atoms with E-state index in [2.05, 4.69) is 10.1 Å². The van der Waals surface area contributed by atoms with Crippen LogP contribution in [0.4, 0.5) is 0 Å². The molecule has 2 aromatic rings. The first-order chi connectivity index (χ1) is 8.85. The maximum Gasteiger partial charge on any atom is 0.229 e. The minimum absolute atomic E-state index is 0.0839. The molecule has 0 radical (unpaired) electrons. The van der Waals surface area contributed by atoms with Gasteiger partial charge in [0.1, 0.15) is 0 Å². The van der Waals surface area contributed by atoms with Crippen LogP contribution >= 0.6 is 11.8 Å². The first kappa shape index (κ1) is 11.7. The van der Waals surface area contributed by atoms with Gasteiger partial charge in [-0.05, 0) is 30.5 Å². The van der Waals surface area contributed by atoms with Crippen molar-refractivity contribution in [3.63, 3.8) is 0 Å². The molecule has 94 valence electrons. The van der Waals surface area contributed by atoms with Gasteiger partial charge < -0.3 is 9.63 Å². The molecule has 1 fully saturated rings. The van der Waals surface area contributed by atoms with Gasteiger partial charge in [-0.1, -0.05) is 17.3 Å². The predicted octanol–water partition coefficient (Wildman–Crippen LogP) is 2.73. The SMILES string of the molecule is OCc1ccc(SCc2noc(C3CC3)n2)cc1. The van der Waals surface area contributed by atoms with Crippen molar-refractivity contribution < 1.29 is 9.63 Å². The summed E-state index contributed by atoms with van der Waals surface area (Å²) in [5.74, 6) is 2.78. The number of hydrogen-bond acceptors (Lipinski definition) is 5. The summed E-state index contributed by atoms with van der Waals surface area (Å²) < 4.78 is 5.21. The monoisotopic (exact) mass is 262 g/mol. The molecule has 0 aliphatic heterocycles. The molecule has 1 aliphatic rings. The Morgan fingerprint density at radius 3 is 2.72 bits per heavy atom. The Hall–Kier alpha value is -1.33. The Bertz CT molecular complexity index is 520. The lowest BCUT2D eigenvalue weighted by Gasteiger charge is -1.99. The molecule has 0 bridgehead atoms. The minimum Gasteiger partial charge on any atom is -0.392 e. The van der Waals surface area contributed by atoms with Crippen molar-refractivity contribution in [2.24, 2.45) is 0 Å². The van der Waals surface area contributed by atoms with Gasteiger partial charge in [-0.25, -0.2) is 0 Å². The topological polar surface area (TPSA) is 59.2 Å². The van der Waals surface area contributed by atoms with Gasteiger partial charge in [0.2, 0.25) is 5.89 Å². The largest absolute Gasteiger partial charge is 0.392 e. The van der Waals surface area contributed by atoms with Gasteiger partial charge >= 0.3 is 0 Å². The van der Waals surface area contributed by atoms with Crippen molar-refractivity contribution in [2.45, 2.75) is 36.0 Å². The molecule has 4 nitrogen and oxygen atoms in total. The van der Waals surface area contributed by atoms with Crippen LogP contribution in [0.5, 0.6) is 0 Å². The first-order valence-corrected chi connectivity index (χ1v) is 6.99. The number of thioether (sulfide) groups is 1. The van der Waals surface area contributed by atoms with Gasteiger partial charge in [-0.15, -0.1) is 11.8 Å². The number of benzene rings is 1. The van der Waals surface area contributed by atoms with Crippen LogP contribution in [0.1, 0.15) is 36.0 Å². The van der Waals surface area contributed by atoms with Crippen LogP contribution in [0, 0.1) is 0 Å². The van der Waals surface area contributed by atoms with Crippen LogP contribution in [0.2, 0.25) is 0 Å². The van der Waals surface area contributed by atoms with Gasteiger partial charge in [-0.2, -0.15) is 4.98 Å². The fraction of sp³-hybridized carbons (Fsp3) is 0.385. The molecule has 1 heterocycles. The Morgan fingerprint density at radius 1 is 1.28 bits per heavy atom. The van der Waals surface area contributed by atoms with Crippen molar-refractivity contribution in [3.05, 3.63) is 41.5 Å². The van der Waals surface area contributed by atoms with Crippen LogP contribution in [-0.2, 0) is 12.4 Å². The third-order valence-electron chi connectivity index (χ3n) is 2.88. The van der Waals surface area contributed by atoms with Crippen molar-refractivity contribution in [1.82, 2.24) is 10.1 Å². The highest BCUT2D eigenvalue weighted by Crippen LogP contribution is 2.39. The lowest BCUT2D eigenvalue weighted by Crippen LogP contribution is -1.86. The quantitative estimate of drug-likeness (QED) is 0.840. The van der Waals surface area contributed by atoms with E-state index in [9.17, 15) is 0 Å². The summed E-state index contributed by atoms with van der Waals surface area (Å²) in [6.45, 7) is 0.0839. The van der Waals surface area contributed by atoms with Gasteiger partial charge in [-0.3, -0.25) is 0 Å². The Morgan fingerprint density at radius 2 is 2.06 bits per heavy atom. The second kappa shape index (κ2) is 5.12. The molecule has 0 saturated heterocycles. The molecule has 0 spiro atoms. The summed E-state index contributed by atoms with van der Waals surface area (Å²) in [5, 5.41) is 12.9. The summed E-state index contributed by atoms with van der Waals surface area (Å²) in [4.78, 5) is 5.53. The molecular weight excluding hydrogens is 248 g/mol. The van der Waals surface area contributed by atoms with E-state index in [-0.39, 0.29) is 6.61 Å². The molecule has 1 N–H and O–H groups in total. The summed E-state index contributed by atoms with van der Waals surface area (Å²) in [6.07, 6.45) is 2.36. The number of rotatable bonds is 5. The maximum absolute atomic E-state index is 8.96. The summed E-state index contributed by atoms with van der Waals surface area (Å²) in [5.41, 5.74) is 0.926. The van der Waals surface area contributed by atoms with Crippen molar-refractivity contribution >= 4 is 11.8 Å². The molecule has 1 saturated carbocycles. The third-order valence-corrected chi connectivity index (χ3v) is 3.89. The molecule has 1 aromatic heterocycles. The van der Waals surface area contributed by atoms with Crippen LogP contribution < -0.4 is 0 Å². The summed E-state index contributed by atoms with van der Waals surface area (Å²) >= 11 is 1.67. The van der Waals surface area contributed by atoms with Crippen LogP contribution in [0.25, 0.3) is 0 Å². The van der Waals surface area contributed by atoms with E-state index in [0.29, 0.717) is 11.7 Å². The average Bonchev–Trinajstić information content (AvgIpc) is 3.16. The first-order valence-electron chi connectivity index (χ1n) is 6.00. The van der Waals surface area contributed by atoms with E-state index in [0.717, 1.165) is 22.2 Å². The van der Waals surface area contributed by atoms with Gasteiger partial charge in [0.15, 0.2) is 5.82 Å². The summed E-state index contributed by atoms with van der Waals surface area (Å²) in [7, 11) is 0. The molecule has 0 amide bonds. The van der Waals surface area contributed by atoms with E-state index >= 15 is 0 Å². The van der Waals surface area contributed by atoms with E-state index in [1.165, 1.54) is 12.8 Å². The Balaban J connectivity index is 1.58. The van der Waals surface area contributed by atoms with Crippen molar-refractivity contribution in [2.75, 3.05) is 0 Å². The zero-order valence-corrected chi connectivity index (χ0v) is 10.7. The normalized spacial score (nSPS) is 14.9. The zero-order valence-electron chi connectivity index (χ0n) is 9.87. The highest BCUT2D eigenvalue weighted by molar-refractivity contribution is 7.98. The Kier molecular flexibility index (Phi) is 3.34. The Labute approximate surface area is 109 Å². The van der Waals surface area contributed by atoms with E-state index in [1.807, 2.05) is 24.3 Å². The van der Waals surface area contributed by atoms with Gasteiger partial charge in [0.25, 0.3) is 0 Å². The molecule has 5 heteroatoms. The number of aliphatic hydroxyl groups excluding tert-OH is 1. The molecule has 18 heavy (non-hydrogen) atoms. The second-order valence-electron chi connectivity index (χ2n) is 4.41. The van der Waals surface area contributed by atoms with Crippen molar-refractivity contribution in [3.8, 4) is 0 Å². The molecule has 3 rings (SSSR count). The maximum atomic E-state index is 8.96. The van der Waals surface area contributed by atoms with Gasteiger partial charge in [0, 0.05) is 10.8 Å². The fourth-order valence-corrected chi connectivity index (χ4v) is 2.40. The standard InChI is InChI=1S/C13H14N2O2S/c16-7-9-1-5-11(6-2-9)18-8-12-14-13(17-15-12)10-3-4-10/h1-2,5-6,10,16H,3-4,7-8H2. The fourth-order valence-electron chi connectivity index (χ4n) is 1.66. The van der Waals surface area contributed by atoms with E-state index in [4.69, 9.17) is 9.63 Å². The van der Waals surface area contributed by atoms with E-state index < -0.39 is 0 Å². The lowest BCUT2D eigenvalue weighted by molar-refractivity contribution is 0.282. The van der Waals surface area contributed by atoms with Crippen LogP contribution in [-0.4, -0.2) is 15.2 Å². The number of nitrogens with zero attached hydrogens (tertiary/aromatic N) is 2. The summed E-state index contributed by atoms with van der Waals surface area (Å²) in [6, 6.07) is 7.85. The van der Waals surface area contributed by atoms with Crippen molar-refractivity contribution in [1.29, 1.82) is 0 Å². The third kappa shape index (κ3) is 2.73. The number of hydrogen-bond donors (Lipinski definition) is 1. The molecular formula is C13H14N2O2S. The minimum atomic E-state index is 0.0839. The highest BCUT2D eigenvalue weighted by atomic mass is 32.2. The highest BCUT2D eigenvalue weighted by Gasteiger charge is 2.29. The second-order valence-corrected chi connectivity index (χ2v) is 5.46. The van der Waals surface area contributed by atoms with Crippen LogP contribution in [0.15, 0.2) is 33.7 Å². The average molecular weight is 262 g/mol. The van der Waals surface area contributed by atoms with E-state index in [1.54, 1.807) is 11.8 Å². The van der Waals surface area contributed by atoms with Crippen LogP contribution in [0.3, 0.4) is 0 Å². The zero-order chi connectivity index (χ0) is 12.4. The van der Waals surface area contributed by atoms with Gasteiger partial charge in [0.05, 0.1) is 12.4 Å². The molecule has 1 aromatic carbocycles. The molecule has 0 unspecified atom stereocenters. The smallest absolute Gasteiger partial charge is 0.229 e. The lowest BCUT2D eigenvalue weighted by atomic mass is 10.2. The molecule has 0 atom stereocenters. The number of aliphatic hydroxyl groups is 1.